The van der Waals surface area contributed by atoms with Crippen LogP contribution in [0.2, 0.25) is 0 Å². The van der Waals surface area contributed by atoms with Gasteiger partial charge in [-0.3, -0.25) is 4.90 Å². The zero-order valence-electron chi connectivity index (χ0n) is 14.3. The van der Waals surface area contributed by atoms with E-state index in [2.05, 4.69) is 9.97 Å². The minimum absolute atomic E-state index is 0.0723. The van der Waals surface area contributed by atoms with E-state index in [0.717, 1.165) is 5.01 Å². The second kappa shape index (κ2) is 6.05. The molecule has 0 spiro atoms. The van der Waals surface area contributed by atoms with Crippen LogP contribution >= 0.6 is 11.3 Å². The van der Waals surface area contributed by atoms with E-state index in [4.69, 9.17) is 0 Å². The molecule has 1 atom stereocenters. The summed E-state index contributed by atoms with van der Waals surface area (Å²) in [6.07, 6.45) is -0.371. The summed E-state index contributed by atoms with van der Waals surface area (Å²) in [6.45, 7) is 11.1. The largest absolute Gasteiger partial charge is 0.465 e. The van der Waals surface area contributed by atoms with Crippen LogP contribution in [0, 0.1) is 12.8 Å². The smallest absolute Gasteiger partial charge is 0.412 e. The lowest BCUT2D eigenvalue weighted by atomic mass is 9.95. The van der Waals surface area contributed by atoms with Crippen LogP contribution in [0.5, 0.6) is 0 Å². The van der Waals surface area contributed by atoms with E-state index < -0.39 is 17.7 Å². The summed E-state index contributed by atoms with van der Waals surface area (Å²) in [6, 6.07) is 0. The number of pyridine rings is 1. The van der Waals surface area contributed by atoms with Crippen molar-refractivity contribution in [1.82, 2.24) is 9.97 Å². The van der Waals surface area contributed by atoms with Crippen molar-refractivity contribution in [3.8, 4) is 0 Å². The standard InChI is InChI=1S/C16H23N3O3S/c1-8(2)13(20)11-10(19(15(21)22)16(4,5)6)7-17-14-12(11)18-9(3)23-14/h7-8,13,20H,1-6H3,(H,21,22). The maximum atomic E-state index is 11.8. The van der Waals surface area contributed by atoms with Crippen LogP contribution in [0.15, 0.2) is 6.20 Å². The van der Waals surface area contributed by atoms with E-state index in [0.29, 0.717) is 21.6 Å². The van der Waals surface area contributed by atoms with Gasteiger partial charge in [0, 0.05) is 11.1 Å². The van der Waals surface area contributed by atoms with E-state index in [1.165, 1.54) is 22.4 Å². The van der Waals surface area contributed by atoms with Crippen LogP contribution in [0.3, 0.4) is 0 Å². The molecular formula is C16H23N3O3S. The molecule has 23 heavy (non-hydrogen) atoms. The topological polar surface area (TPSA) is 86.6 Å². The van der Waals surface area contributed by atoms with Gasteiger partial charge in [0.2, 0.25) is 0 Å². The molecule has 1 amide bonds. The second-order valence-electron chi connectivity index (χ2n) is 6.92. The molecule has 6 nitrogen and oxygen atoms in total. The normalized spacial score (nSPS) is 13.6. The first-order valence-corrected chi connectivity index (χ1v) is 8.33. The molecule has 0 saturated heterocycles. The van der Waals surface area contributed by atoms with Crippen molar-refractivity contribution in [3.05, 3.63) is 16.8 Å². The first-order valence-electron chi connectivity index (χ1n) is 7.51. The molecule has 2 aromatic rings. The summed E-state index contributed by atoms with van der Waals surface area (Å²) in [7, 11) is 0. The van der Waals surface area contributed by atoms with Crippen molar-refractivity contribution in [3.63, 3.8) is 0 Å². The molecule has 0 radical (unpaired) electrons. The summed E-state index contributed by atoms with van der Waals surface area (Å²) in [5.74, 6) is -0.0723. The number of fused-ring (bicyclic) bond motifs is 1. The lowest BCUT2D eigenvalue weighted by molar-refractivity contribution is 0.128. The summed E-state index contributed by atoms with van der Waals surface area (Å²) < 4.78 is 0. The third kappa shape index (κ3) is 3.30. The lowest BCUT2D eigenvalue weighted by Crippen LogP contribution is -2.46. The second-order valence-corrected chi connectivity index (χ2v) is 8.10. The molecule has 2 rings (SSSR count). The Hall–Kier alpha value is -1.73. The van der Waals surface area contributed by atoms with Crippen molar-refractivity contribution in [1.29, 1.82) is 0 Å². The first kappa shape index (κ1) is 17.6. The molecule has 0 saturated carbocycles. The zero-order valence-corrected chi connectivity index (χ0v) is 15.1. The predicted molar refractivity (Wildman–Crippen MR) is 92.2 cm³/mol. The monoisotopic (exact) mass is 337 g/mol. The Labute approximate surface area is 139 Å². The Morgan fingerprint density at radius 2 is 1.96 bits per heavy atom. The average molecular weight is 337 g/mol. The third-order valence-electron chi connectivity index (χ3n) is 3.58. The molecule has 0 aliphatic heterocycles. The predicted octanol–water partition coefficient (Wildman–Crippen LogP) is 3.97. The number of thiazole rings is 1. The molecule has 7 heteroatoms. The Kier molecular flexibility index (Phi) is 4.64. The maximum Gasteiger partial charge on any atom is 0.412 e. The highest BCUT2D eigenvalue weighted by Gasteiger charge is 2.33. The molecule has 0 aliphatic carbocycles. The highest BCUT2D eigenvalue weighted by atomic mass is 32.1. The van der Waals surface area contributed by atoms with E-state index in [9.17, 15) is 15.0 Å². The van der Waals surface area contributed by atoms with Gasteiger partial charge < -0.3 is 10.2 Å². The van der Waals surface area contributed by atoms with Crippen molar-refractivity contribution in [2.75, 3.05) is 4.90 Å². The van der Waals surface area contributed by atoms with Gasteiger partial charge in [0.25, 0.3) is 0 Å². The molecule has 2 heterocycles. The third-order valence-corrected chi connectivity index (χ3v) is 4.46. The molecule has 0 fully saturated rings. The summed E-state index contributed by atoms with van der Waals surface area (Å²) in [5, 5.41) is 21.2. The van der Waals surface area contributed by atoms with E-state index in [1.54, 1.807) is 0 Å². The molecule has 0 aliphatic rings. The van der Waals surface area contributed by atoms with Gasteiger partial charge in [0.15, 0.2) is 0 Å². The van der Waals surface area contributed by atoms with Gasteiger partial charge in [-0.25, -0.2) is 14.8 Å². The number of nitrogens with zero attached hydrogens (tertiary/aromatic N) is 3. The lowest BCUT2D eigenvalue weighted by Gasteiger charge is -2.35. The van der Waals surface area contributed by atoms with Gasteiger partial charge in [0.05, 0.1) is 23.0 Å². The van der Waals surface area contributed by atoms with E-state index in [-0.39, 0.29) is 5.92 Å². The number of anilines is 1. The Morgan fingerprint density at radius 3 is 2.43 bits per heavy atom. The van der Waals surface area contributed by atoms with Gasteiger partial charge in [0.1, 0.15) is 10.3 Å². The molecule has 2 aromatic heterocycles. The highest BCUT2D eigenvalue weighted by molar-refractivity contribution is 7.18. The average Bonchev–Trinajstić information content (AvgIpc) is 2.75. The maximum absolute atomic E-state index is 11.8. The Morgan fingerprint density at radius 1 is 1.35 bits per heavy atom. The Bertz CT molecular complexity index is 734. The zero-order chi connectivity index (χ0) is 17.5. The van der Waals surface area contributed by atoms with Crippen LogP contribution in [0.4, 0.5) is 10.5 Å². The molecule has 1 unspecified atom stereocenters. The van der Waals surface area contributed by atoms with Crippen LogP contribution in [0.25, 0.3) is 10.3 Å². The number of rotatable bonds is 3. The number of hydrogen-bond acceptors (Lipinski definition) is 5. The van der Waals surface area contributed by atoms with Crippen molar-refractivity contribution in [2.24, 2.45) is 5.92 Å². The fourth-order valence-electron chi connectivity index (χ4n) is 2.54. The fraction of sp³-hybridized carbons (Fsp3) is 0.562. The number of amides is 1. The van der Waals surface area contributed by atoms with Crippen molar-refractivity contribution >= 4 is 33.5 Å². The van der Waals surface area contributed by atoms with Crippen LogP contribution in [-0.2, 0) is 0 Å². The molecule has 126 valence electrons. The summed E-state index contributed by atoms with van der Waals surface area (Å²) in [4.78, 5) is 22.6. The summed E-state index contributed by atoms with van der Waals surface area (Å²) in [5.41, 5.74) is 0.843. The summed E-state index contributed by atoms with van der Waals surface area (Å²) >= 11 is 1.43. The number of aromatic nitrogens is 2. The first-order chi connectivity index (χ1) is 10.5. The van der Waals surface area contributed by atoms with Crippen LogP contribution in [-0.4, -0.2) is 31.8 Å². The molecular weight excluding hydrogens is 314 g/mol. The van der Waals surface area contributed by atoms with Crippen LogP contribution in [0.1, 0.15) is 51.3 Å². The number of hydrogen-bond donors (Lipinski definition) is 2. The van der Waals surface area contributed by atoms with E-state index >= 15 is 0 Å². The Balaban J connectivity index is 2.81. The van der Waals surface area contributed by atoms with Crippen LogP contribution < -0.4 is 4.90 Å². The minimum atomic E-state index is -1.08. The molecule has 0 bridgehead atoms. The van der Waals surface area contributed by atoms with Gasteiger partial charge >= 0.3 is 6.09 Å². The van der Waals surface area contributed by atoms with Gasteiger partial charge in [-0.05, 0) is 33.6 Å². The highest BCUT2D eigenvalue weighted by Crippen LogP contribution is 2.39. The quantitative estimate of drug-likeness (QED) is 0.885. The van der Waals surface area contributed by atoms with Crippen molar-refractivity contribution < 1.29 is 15.0 Å². The molecule has 0 aromatic carbocycles. The number of carboxylic acid groups (broad SMARTS) is 1. The van der Waals surface area contributed by atoms with Crippen molar-refractivity contribution in [2.45, 2.75) is 53.2 Å². The number of aliphatic hydroxyl groups is 1. The number of aliphatic hydroxyl groups excluding tert-OH is 1. The van der Waals surface area contributed by atoms with E-state index in [1.807, 2.05) is 41.5 Å². The number of carbonyl (C=O) groups is 1. The van der Waals surface area contributed by atoms with Gasteiger partial charge in [-0.15, -0.1) is 0 Å². The van der Waals surface area contributed by atoms with Gasteiger partial charge in [-0.1, -0.05) is 25.2 Å². The fourth-order valence-corrected chi connectivity index (χ4v) is 3.32. The number of aryl methyl sites for hydroxylation is 1. The molecule has 2 N–H and O–H groups in total. The SMILES string of the molecule is Cc1nc2c(C(O)C(C)C)c(N(C(=O)O)C(C)(C)C)cnc2s1. The minimum Gasteiger partial charge on any atom is -0.465 e. The van der Waals surface area contributed by atoms with Gasteiger partial charge in [-0.2, -0.15) is 0 Å².